The lowest BCUT2D eigenvalue weighted by molar-refractivity contribution is 0.242. The van der Waals surface area contributed by atoms with Crippen LogP contribution in [0.1, 0.15) is 31.4 Å². The summed E-state index contributed by atoms with van der Waals surface area (Å²) in [6.45, 7) is 7.65. The maximum atomic E-state index is 10.4. The topological polar surface area (TPSA) is 61.2 Å². The Morgan fingerprint density at radius 2 is 1.90 bits per heavy atom. The number of hydrogen-bond donors (Lipinski definition) is 1. The summed E-state index contributed by atoms with van der Waals surface area (Å²) < 4.78 is 18.4. The Hall–Kier alpha value is -2.09. The third-order valence-corrected chi connectivity index (χ3v) is 6.89. The average molecular weight is 415 g/mol. The number of rotatable bonds is 5. The van der Waals surface area contributed by atoms with Gasteiger partial charge < -0.3 is 14.2 Å². The van der Waals surface area contributed by atoms with Gasteiger partial charge in [-0.1, -0.05) is 10.5 Å². The van der Waals surface area contributed by atoms with Crippen molar-refractivity contribution < 1.29 is 9.29 Å². The number of fused-ring (bicyclic) bond motifs is 1. The zero-order valence-corrected chi connectivity index (χ0v) is 18.4. The van der Waals surface area contributed by atoms with E-state index >= 15 is 0 Å². The molecule has 0 bridgehead atoms. The third kappa shape index (κ3) is 4.42. The average Bonchev–Trinajstić information content (AvgIpc) is 2.90. The molecule has 7 heteroatoms. The van der Waals surface area contributed by atoms with Gasteiger partial charge >= 0.3 is 0 Å². The summed E-state index contributed by atoms with van der Waals surface area (Å²) in [5.74, 6) is 1.85. The highest BCUT2D eigenvalue weighted by Crippen LogP contribution is 2.40. The summed E-state index contributed by atoms with van der Waals surface area (Å²) in [6.07, 6.45) is 6.90. The van der Waals surface area contributed by atoms with Crippen LogP contribution in [0.2, 0.25) is 0 Å². The van der Waals surface area contributed by atoms with E-state index in [4.69, 9.17) is 9.73 Å². The lowest BCUT2D eigenvalue weighted by Crippen LogP contribution is -2.32. The van der Waals surface area contributed by atoms with Crippen LogP contribution in [0.25, 0.3) is 0 Å². The Bertz CT molecular complexity index is 923. The molecule has 1 fully saturated rings. The number of aromatic nitrogens is 1. The molecule has 0 radical (unpaired) electrons. The monoisotopic (exact) mass is 414 g/mol. The van der Waals surface area contributed by atoms with Crippen LogP contribution >= 0.6 is 10.5 Å². The van der Waals surface area contributed by atoms with Crippen LogP contribution in [0, 0.1) is 0 Å². The predicted octanol–water partition coefficient (Wildman–Crippen LogP) is 4.32. The van der Waals surface area contributed by atoms with E-state index in [1.807, 2.05) is 50.8 Å². The standard InChI is InChI=1S/C22H30N4O2S/c1-16(2)28-18-6-7-20-19(15-18)22(24-20)17-8-9-23-21(14-17)25-10-5-11-26(13-12-25)29(3,4)27/h6-9,14-16,27H,5,10-13H2,1-4H3. The van der Waals surface area contributed by atoms with Crippen LogP contribution in [0.5, 0.6) is 5.75 Å². The van der Waals surface area contributed by atoms with Gasteiger partial charge in [-0.15, -0.1) is 0 Å². The van der Waals surface area contributed by atoms with Gasteiger partial charge in [-0.05, 0) is 63.1 Å². The van der Waals surface area contributed by atoms with E-state index in [2.05, 4.69) is 26.3 Å². The summed E-state index contributed by atoms with van der Waals surface area (Å²) in [6, 6.07) is 10.2. The Kier molecular flexibility index (Phi) is 5.55. The van der Waals surface area contributed by atoms with Gasteiger partial charge in [0.25, 0.3) is 0 Å². The Morgan fingerprint density at radius 1 is 1.07 bits per heavy atom. The van der Waals surface area contributed by atoms with E-state index in [0.717, 1.165) is 66.7 Å². The van der Waals surface area contributed by atoms with Gasteiger partial charge in [0.05, 0.1) is 17.5 Å². The van der Waals surface area contributed by atoms with Crippen LogP contribution in [-0.4, -0.2) is 64.3 Å². The largest absolute Gasteiger partial charge is 0.491 e. The molecule has 2 aliphatic heterocycles. The minimum Gasteiger partial charge on any atom is -0.491 e. The summed E-state index contributed by atoms with van der Waals surface area (Å²) in [7, 11) is -1.66. The molecule has 3 heterocycles. The maximum Gasteiger partial charge on any atom is 0.129 e. The Balaban J connectivity index is 1.52. The van der Waals surface area contributed by atoms with E-state index in [0.29, 0.717) is 0 Å². The molecule has 0 unspecified atom stereocenters. The molecule has 156 valence electrons. The number of benzene rings is 1. The molecule has 1 aromatic heterocycles. The van der Waals surface area contributed by atoms with Gasteiger partial charge in [-0.3, -0.25) is 0 Å². The van der Waals surface area contributed by atoms with Crippen molar-refractivity contribution in [1.82, 2.24) is 9.29 Å². The van der Waals surface area contributed by atoms with Crippen molar-refractivity contribution in [2.24, 2.45) is 4.99 Å². The van der Waals surface area contributed by atoms with Crippen molar-refractivity contribution in [3.8, 4) is 5.75 Å². The zero-order valence-electron chi connectivity index (χ0n) is 17.6. The van der Waals surface area contributed by atoms with Gasteiger partial charge in [0, 0.05) is 43.5 Å². The summed E-state index contributed by atoms with van der Waals surface area (Å²) >= 11 is 0. The van der Waals surface area contributed by atoms with E-state index in [1.54, 1.807) is 0 Å². The third-order valence-electron chi connectivity index (χ3n) is 5.26. The molecule has 2 aliphatic rings. The number of nitrogens with zero attached hydrogens (tertiary/aromatic N) is 4. The van der Waals surface area contributed by atoms with E-state index in [1.165, 1.54) is 0 Å². The zero-order chi connectivity index (χ0) is 20.6. The first-order chi connectivity index (χ1) is 13.8. The Labute approximate surface area is 174 Å². The molecule has 0 saturated carbocycles. The first-order valence-corrected chi connectivity index (χ1v) is 12.5. The fourth-order valence-electron chi connectivity index (χ4n) is 3.80. The van der Waals surface area contributed by atoms with Crippen LogP contribution in [0.15, 0.2) is 41.5 Å². The summed E-state index contributed by atoms with van der Waals surface area (Å²) in [4.78, 5) is 11.6. The predicted molar refractivity (Wildman–Crippen MR) is 122 cm³/mol. The van der Waals surface area contributed by atoms with E-state index in [9.17, 15) is 4.55 Å². The molecule has 6 nitrogen and oxygen atoms in total. The number of ether oxygens (including phenoxy) is 1. The van der Waals surface area contributed by atoms with Crippen molar-refractivity contribution >= 4 is 27.7 Å². The number of aliphatic imine (C=N–C) groups is 1. The molecule has 4 rings (SSSR count). The van der Waals surface area contributed by atoms with Crippen molar-refractivity contribution in [1.29, 1.82) is 0 Å². The molecule has 0 atom stereocenters. The minimum atomic E-state index is -1.66. The quantitative estimate of drug-likeness (QED) is 0.674. The van der Waals surface area contributed by atoms with Crippen molar-refractivity contribution in [2.45, 2.75) is 26.4 Å². The molecule has 1 N–H and O–H groups in total. The number of hydrogen-bond acceptors (Lipinski definition) is 6. The van der Waals surface area contributed by atoms with E-state index in [-0.39, 0.29) is 6.10 Å². The normalized spacial score (nSPS) is 18.0. The van der Waals surface area contributed by atoms with Gasteiger partial charge in [0.2, 0.25) is 0 Å². The second kappa shape index (κ2) is 7.97. The van der Waals surface area contributed by atoms with Gasteiger partial charge in [-0.25, -0.2) is 14.3 Å². The second-order valence-corrected chi connectivity index (χ2v) is 11.2. The first kappa shape index (κ1) is 20.2. The highest BCUT2D eigenvalue weighted by Gasteiger charge is 2.25. The first-order valence-electron chi connectivity index (χ1n) is 10.1. The highest BCUT2D eigenvalue weighted by atomic mass is 32.3. The number of anilines is 1. The van der Waals surface area contributed by atoms with E-state index < -0.39 is 10.5 Å². The second-order valence-electron chi connectivity index (χ2n) is 8.20. The minimum absolute atomic E-state index is 0.148. The van der Waals surface area contributed by atoms with Crippen LogP contribution < -0.4 is 9.64 Å². The highest BCUT2D eigenvalue weighted by molar-refractivity contribution is 8.26. The van der Waals surface area contributed by atoms with Crippen molar-refractivity contribution in [2.75, 3.05) is 43.6 Å². The fraction of sp³-hybridized carbons (Fsp3) is 0.455. The smallest absolute Gasteiger partial charge is 0.129 e. The van der Waals surface area contributed by atoms with Gasteiger partial charge in [0.15, 0.2) is 0 Å². The summed E-state index contributed by atoms with van der Waals surface area (Å²) in [5.41, 5.74) is 4.22. The molecular weight excluding hydrogens is 384 g/mol. The molecule has 1 saturated heterocycles. The molecule has 2 aromatic rings. The maximum absolute atomic E-state index is 10.4. The van der Waals surface area contributed by atoms with Gasteiger partial charge in [0.1, 0.15) is 11.6 Å². The lowest BCUT2D eigenvalue weighted by atomic mass is 9.96. The van der Waals surface area contributed by atoms with Crippen LogP contribution in [-0.2, 0) is 0 Å². The fourth-order valence-corrected chi connectivity index (χ4v) is 4.91. The molecule has 0 amide bonds. The van der Waals surface area contributed by atoms with Gasteiger partial charge in [-0.2, -0.15) is 0 Å². The van der Waals surface area contributed by atoms with Crippen molar-refractivity contribution in [3.05, 3.63) is 47.7 Å². The molecule has 1 aromatic carbocycles. The van der Waals surface area contributed by atoms with Crippen molar-refractivity contribution in [3.63, 3.8) is 0 Å². The molecular formula is C22H30N4O2S. The lowest BCUT2D eigenvalue weighted by Gasteiger charge is -2.37. The molecule has 0 spiro atoms. The number of pyridine rings is 1. The molecule has 0 aliphatic carbocycles. The Morgan fingerprint density at radius 3 is 2.66 bits per heavy atom. The van der Waals surface area contributed by atoms with Crippen LogP contribution in [0.3, 0.4) is 0 Å². The SMILES string of the molecule is CC(C)Oc1ccc2c(c1)C(c1ccnc(N3CCCN(S(C)(C)O)CC3)c1)=N2. The van der Waals surface area contributed by atoms with Crippen LogP contribution in [0.4, 0.5) is 11.5 Å². The molecule has 29 heavy (non-hydrogen) atoms. The summed E-state index contributed by atoms with van der Waals surface area (Å²) in [5, 5.41) is 0.